The molecule has 114 valence electrons. The second-order valence-electron chi connectivity index (χ2n) is 5.64. The number of fused-ring (bicyclic) bond motifs is 2. The first-order chi connectivity index (χ1) is 10.5. The normalized spacial score (nSPS) is 28.5. The Hall–Kier alpha value is -2.63. The third-order valence-corrected chi connectivity index (χ3v) is 4.44. The summed E-state index contributed by atoms with van der Waals surface area (Å²) in [5.74, 6) is -5.10. The van der Waals surface area contributed by atoms with Gasteiger partial charge >= 0.3 is 0 Å². The molecule has 0 aliphatic heterocycles. The molecule has 1 saturated carbocycles. The van der Waals surface area contributed by atoms with Crippen molar-refractivity contribution in [2.24, 2.45) is 23.7 Å². The van der Waals surface area contributed by atoms with Crippen LogP contribution >= 0.6 is 0 Å². The van der Waals surface area contributed by atoms with Crippen molar-refractivity contribution in [3.63, 3.8) is 0 Å². The van der Waals surface area contributed by atoms with Crippen LogP contribution in [0.1, 0.15) is 16.8 Å². The standard InChI is InChI=1S/C16H15NO5/c18-14(17-11-4-2-1-3-10(11)15(19)20)12-8-5-6-9(7-8)13(12)16(21)22/h1-6,8-9,12-13H,7H2,(H,17,18)(H,19,20)(H,21,22)/p-2/t8-,9-,12+,13-/m0/s1. The monoisotopic (exact) mass is 299 g/mol. The number of carboxylic acid groups (broad SMARTS) is 2. The molecule has 3 rings (SSSR count). The number of carbonyl (C=O) groups excluding carboxylic acids is 3. The molecule has 1 fully saturated rings. The molecule has 4 atom stereocenters. The van der Waals surface area contributed by atoms with Gasteiger partial charge in [-0.25, -0.2) is 0 Å². The smallest absolute Gasteiger partial charge is 0.228 e. The Labute approximate surface area is 126 Å². The molecule has 0 spiro atoms. The molecule has 0 saturated heterocycles. The number of carbonyl (C=O) groups is 3. The van der Waals surface area contributed by atoms with Crippen LogP contribution in [0.3, 0.4) is 0 Å². The van der Waals surface area contributed by atoms with Crippen LogP contribution < -0.4 is 15.5 Å². The average Bonchev–Trinajstić information content (AvgIpc) is 3.08. The highest BCUT2D eigenvalue weighted by Crippen LogP contribution is 2.48. The van der Waals surface area contributed by atoms with E-state index < -0.39 is 29.7 Å². The van der Waals surface area contributed by atoms with Crippen molar-refractivity contribution in [1.82, 2.24) is 0 Å². The first-order valence-corrected chi connectivity index (χ1v) is 6.99. The van der Waals surface area contributed by atoms with E-state index in [9.17, 15) is 24.6 Å². The zero-order valence-electron chi connectivity index (χ0n) is 11.5. The Kier molecular flexibility index (Phi) is 3.44. The highest BCUT2D eigenvalue weighted by Gasteiger charge is 2.48. The van der Waals surface area contributed by atoms with E-state index in [2.05, 4.69) is 5.32 Å². The van der Waals surface area contributed by atoms with E-state index in [1.807, 2.05) is 12.2 Å². The van der Waals surface area contributed by atoms with Gasteiger partial charge in [0.15, 0.2) is 0 Å². The lowest BCUT2D eigenvalue weighted by Crippen LogP contribution is -2.43. The average molecular weight is 299 g/mol. The van der Waals surface area contributed by atoms with Crippen molar-refractivity contribution in [2.75, 3.05) is 5.32 Å². The van der Waals surface area contributed by atoms with E-state index in [4.69, 9.17) is 0 Å². The Morgan fingerprint density at radius 2 is 1.64 bits per heavy atom. The Morgan fingerprint density at radius 3 is 2.27 bits per heavy atom. The van der Waals surface area contributed by atoms with Crippen molar-refractivity contribution in [3.05, 3.63) is 42.0 Å². The maximum atomic E-state index is 12.4. The van der Waals surface area contributed by atoms with Crippen LogP contribution in [0.15, 0.2) is 36.4 Å². The van der Waals surface area contributed by atoms with Gasteiger partial charge in [-0.1, -0.05) is 30.4 Å². The molecule has 1 N–H and O–H groups in total. The predicted molar refractivity (Wildman–Crippen MR) is 72.1 cm³/mol. The number of benzene rings is 1. The summed E-state index contributed by atoms with van der Waals surface area (Å²) in [4.78, 5) is 34.8. The molecule has 2 aliphatic rings. The summed E-state index contributed by atoms with van der Waals surface area (Å²) in [6.07, 6.45) is 4.27. The summed E-state index contributed by atoms with van der Waals surface area (Å²) in [6, 6.07) is 5.87. The Bertz CT molecular complexity index is 681. The number of anilines is 1. The van der Waals surface area contributed by atoms with Crippen LogP contribution in [0.2, 0.25) is 0 Å². The number of carboxylic acids is 2. The third kappa shape index (κ3) is 2.26. The molecular formula is C16H13NO5-2. The molecule has 6 heteroatoms. The van der Waals surface area contributed by atoms with Crippen LogP contribution in [-0.2, 0) is 9.59 Å². The lowest BCUT2D eigenvalue weighted by Gasteiger charge is -2.28. The largest absolute Gasteiger partial charge is 0.550 e. The minimum atomic E-state index is -1.40. The molecule has 0 unspecified atom stereocenters. The molecule has 2 bridgehead atoms. The third-order valence-electron chi connectivity index (χ3n) is 4.44. The quantitative estimate of drug-likeness (QED) is 0.730. The van der Waals surface area contributed by atoms with E-state index in [0.717, 1.165) is 0 Å². The van der Waals surface area contributed by atoms with Crippen molar-refractivity contribution in [2.45, 2.75) is 6.42 Å². The minimum absolute atomic E-state index is 0.108. The first kappa shape index (κ1) is 14.3. The molecule has 1 aromatic rings. The number of allylic oxidation sites excluding steroid dienone is 2. The Morgan fingerprint density at radius 1 is 1.00 bits per heavy atom. The summed E-state index contributed by atoms with van der Waals surface area (Å²) < 4.78 is 0. The first-order valence-electron chi connectivity index (χ1n) is 6.99. The van der Waals surface area contributed by atoms with E-state index in [1.54, 1.807) is 6.07 Å². The molecule has 0 aromatic heterocycles. The van der Waals surface area contributed by atoms with Crippen molar-refractivity contribution in [1.29, 1.82) is 0 Å². The highest BCUT2D eigenvalue weighted by atomic mass is 16.4. The van der Waals surface area contributed by atoms with Crippen LogP contribution in [0.5, 0.6) is 0 Å². The molecule has 1 aromatic carbocycles. The summed E-state index contributed by atoms with van der Waals surface area (Å²) in [7, 11) is 0. The fraction of sp³-hybridized carbons (Fsp3) is 0.312. The maximum Gasteiger partial charge on any atom is 0.228 e. The number of hydrogen-bond acceptors (Lipinski definition) is 5. The van der Waals surface area contributed by atoms with E-state index in [-0.39, 0.29) is 23.1 Å². The number of hydrogen-bond donors (Lipinski definition) is 1. The van der Waals surface area contributed by atoms with E-state index in [1.165, 1.54) is 18.2 Å². The molecule has 1 amide bonds. The molecule has 6 nitrogen and oxygen atoms in total. The van der Waals surface area contributed by atoms with Crippen LogP contribution in [-0.4, -0.2) is 17.8 Å². The summed E-state index contributed by atoms with van der Waals surface area (Å²) in [5, 5.41) is 24.9. The topological polar surface area (TPSA) is 109 Å². The lowest BCUT2D eigenvalue weighted by atomic mass is 9.82. The summed E-state index contributed by atoms with van der Waals surface area (Å²) in [6.45, 7) is 0. The second-order valence-corrected chi connectivity index (χ2v) is 5.64. The highest BCUT2D eigenvalue weighted by molar-refractivity contribution is 6.01. The fourth-order valence-corrected chi connectivity index (χ4v) is 3.49. The molecular weight excluding hydrogens is 286 g/mol. The SMILES string of the molecule is O=C([O-])c1ccccc1NC(=O)[C@H]1[C@@H](C(=O)[O-])[C@H]2C=C[C@H]1C2. The van der Waals surface area contributed by atoms with Gasteiger partial charge in [0.25, 0.3) is 0 Å². The van der Waals surface area contributed by atoms with Crippen molar-refractivity contribution in [3.8, 4) is 0 Å². The number of para-hydroxylation sites is 1. The molecule has 22 heavy (non-hydrogen) atoms. The van der Waals surface area contributed by atoms with Crippen molar-refractivity contribution >= 4 is 23.5 Å². The molecule has 0 heterocycles. The zero-order valence-corrected chi connectivity index (χ0v) is 11.5. The van der Waals surface area contributed by atoms with Gasteiger partial charge < -0.3 is 25.1 Å². The Balaban J connectivity index is 1.85. The van der Waals surface area contributed by atoms with Gasteiger partial charge in [0.2, 0.25) is 5.91 Å². The number of nitrogens with one attached hydrogen (secondary N) is 1. The maximum absolute atomic E-state index is 12.4. The summed E-state index contributed by atoms with van der Waals surface area (Å²) >= 11 is 0. The summed E-state index contributed by atoms with van der Waals surface area (Å²) in [5.41, 5.74) is -0.0316. The molecule has 2 aliphatic carbocycles. The van der Waals surface area contributed by atoms with E-state index in [0.29, 0.717) is 6.42 Å². The van der Waals surface area contributed by atoms with Crippen molar-refractivity contribution < 1.29 is 24.6 Å². The van der Waals surface area contributed by atoms with Gasteiger partial charge in [-0.2, -0.15) is 0 Å². The number of amides is 1. The lowest BCUT2D eigenvalue weighted by molar-refractivity contribution is -0.313. The van der Waals surface area contributed by atoms with Crippen LogP contribution in [0.25, 0.3) is 0 Å². The van der Waals surface area contributed by atoms with Gasteiger partial charge in [0, 0.05) is 23.1 Å². The van der Waals surface area contributed by atoms with Gasteiger partial charge in [-0.3, -0.25) is 4.79 Å². The number of aromatic carboxylic acids is 1. The van der Waals surface area contributed by atoms with Gasteiger partial charge in [-0.15, -0.1) is 0 Å². The predicted octanol–water partition coefficient (Wildman–Crippen LogP) is -0.823. The minimum Gasteiger partial charge on any atom is -0.550 e. The van der Waals surface area contributed by atoms with Crippen LogP contribution in [0, 0.1) is 23.7 Å². The number of rotatable bonds is 4. The van der Waals surface area contributed by atoms with Gasteiger partial charge in [-0.05, 0) is 24.3 Å². The van der Waals surface area contributed by atoms with Crippen LogP contribution in [0.4, 0.5) is 5.69 Å². The van der Waals surface area contributed by atoms with Gasteiger partial charge in [0.1, 0.15) is 0 Å². The number of aliphatic carboxylic acids is 1. The van der Waals surface area contributed by atoms with Gasteiger partial charge in [0.05, 0.1) is 11.9 Å². The zero-order chi connectivity index (χ0) is 15.9. The fourth-order valence-electron chi connectivity index (χ4n) is 3.49. The molecule has 0 radical (unpaired) electrons. The van der Waals surface area contributed by atoms with E-state index >= 15 is 0 Å². The second kappa shape index (κ2) is 5.29.